The number of aryl methyl sites for hydroxylation is 1. The molecular weight excluding hydrogens is 349 g/mol. The van der Waals surface area contributed by atoms with Gasteiger partial charge in [-0.05, 0) is 43.2 Å². The summed E-state index contributed by atoms with van der Waals surface area (Å²) in [5.41, 5.74) is 0.180. The number of benzene rings is 2. The van der Waals surface area contributed by atoms with E-state index in [0.29, 0.717) is 16.1 Å². The number of nitrogens with one attached hydrogen (secondary N) is 1. The molecular formula is C18H17Cl2NO3. The molecule has 2 N–H and O–H groups in total. The molecule has 1 unspecified atom stereocenters. The van der Waals surface area contributed by atoms with Gasteiger partial charge >= 0.3 is 5.97 Å². The van der Waals surface area contributed by atoms with Crippen LogP contribution in [0.1, 0.15) is 34.8 Å². The largest absolute Gasteiger partial charge is 0.479 e. The fourth-order valence-corrected chi connectivity index (χ4v) is 2.72. The van der Waals surface area contributed by atoms with Gasteiger partial charge in [-0.1, -0.05) is 53.9 Å². The number of rotatable bonds is 5. The molecule has 2 rings (SSSR count). The number of halogens is 2. The van der Waals surface area contributed by atoms with Crippen LogP contribution in [-0.4, -0.2) is 17.0 Å². The van der Waals surface area contributed by atoms with Crippen molar-refractivity contribution in [3.63, 3.8) is 0 Å². The third-order valence-corrected chi connectivity index (χ3v) is 4.69. The standard InChI is InChI=1S/C18H17Cl2NO3/c1-3-18(17(23)24,13-8-9-14(19)15(20)10-13)21-16(22)12-6-4-11(2)5-7-12/h4-10H,3H2,1-2H3,(H,21,22)(H,23,24). The first-order valence-corrected chi connectivity index (χ1v) is 8.14. The summed E-state index contributed by atoms with van der Waals surface area (Å²) in [6, 6.07) is 11.4. The van der Waals surface area contributed by atoms with E-state index in [0.717, 1.165) is 5.56 Å². The molecule has 6 heteroatoms. The van der Waals surface area contributed by atoms with Crippen LogP contribution in [0.25, 0.3) is 0 Å². The lowest BCUT2D eigenvalue weighted by Crippen LogP contribution is -2.51. The number of hydrogen-bond donors (Lipinski definition) is 2. The SMILES string of the molecule is CCC(NC(=O)c1ccc(C)cc1)(C(=O)O)c1ccc(Cl)c(Cl)c1. The van der Waals surface area contributed by atoms with Gasteiger partial charge in [-0.15, -0.1) is 0 Å². The number of amides is 1. The van der Waals surface area contributed by atoms with Crippen molar-refractivity contribution >= 4 is 35.1 Å². The number of aliphatic carboxylic acids is 1. The highest BCUT2D eigenvalue weighted by atomic mass is 35.5. The second kappa shape index (κ2) is 7.24. The molecule has 0 aliphatic rings. The second-order valence-electron chi connectivity index (χ2n) is 5.51. The average Bonchev–Trinajstić information content (AvgIpc) is 2.55. The van der Waals surface area contributed by atoms with Crippen LogP contribution in [0.15, 0.2) is 42.5 Å². The molecule has 0 aliphatic carbocycles. The summed E-state index contributed by atoms with van der Waals surface area (Å²) in [6.07, 6.45) is 0.151. The Morgan fingerprint density at radius 3 is 2.21 bits per heavy atom. The van der Waals surface area contributed by atoms with Crippen molar-refractivity contribution in [1.29, 1.82) is 0 Å². The zero-order chi connectivity index (χ0) is 17.9. The molecule has 0 fully saturated rings. The van der Waals surface area contributed by atoms with Gasteiger partial charge in [0.2, 0.25) is 0 Å². The molecule has 0 aliphatic heterocycles. The molecule has 0 spiro atoms. The summed E-state index contributed by atoms with van der Waals surface area (Å²) in [5.74, 6) is -1.63. The van der Waals surface area contributed by atoms with Gasteiger partial charge in [0.25, 0.3) is 5.91 Å². The smallest absolute Gasteiger partial charge is 0.334 e. The number of hydrogen-bond acceptors (Lipinski definition) is 2. The molecule has 0 heterocycles. The summed E-state index contributed by atoms with van der Waals surface area (Å²) in [6.45, 7) is 3.59. The fraction of sp³-hybridized carbons (Fsp3) is 0.222. The van der Waals surface area contributed by atoms with E-state index in [4.69, 9.17) is 23.2 Å². The van der Waals surface area contributed by atoms with Crippen LogP contribution in [0.5, 0.6) is 0 Å². The Morgan fingerprint density at radius 2 is 1.71 bits per heavy atom. The van der Waals surface area contributed by atoms with Gasteiger partial charge in [-0.25, -0.2) is 4.79 Å². The molecule has 0 saturated heterocycles. The maximum atomic E-state index is 12.5. The highest BCUT2D eigenvalue weighted by molar-refractivity contribution is 6.42. The van der Waals surface area contributed by atoms with Crippen molar-refractivity contribution < 1.29 is 14.7 Å². The Labute approximate surface area is 150 Å². The molecule has 0 saturated carbocycles. The van der Waals surface area contributed by atoms with Crippen LogP contribution in [0.4, 0.5) is 0 Å². The van der Waals surface area contributed by atoms with E-state index in [1.807, 2.05) is 6.92 Å². The monoisotopic (exact) mass is 365 g/mol. The topological polar surface area (TPSA) is 66.4 Å². The molecule has 2 aromatic rings. The first-order valence-electron chi connectivity index (χ1n) is 7.38. The number of carbonyl (C=O) groups excluding carboxylic acids is 1. The molecule has 0 radical (unpaired) electrons. The van der Waals surface area contributed by atoms with Crippen LogP contribution in [0.2, 0.25) is 10.0 Å². The lowest BCUT2D eigenvalue weighted by molar-refractivity contribution is -0.145. The van der Waals surface area contributed by atoms with Gasteiger partial charge in [0, 0.05) is 5.56 Å². The van der Waals surface area contributed by atoms with E-state index < -0.39 is 17.4 Å². The van der Waals surface area contributed by atoms with Gasteiger partial charge < -0.3 is 10.4 Å². The Hall–Kier alpha value is -2.04. The molecule has 2 aromatic carbocycles. The van der Waals surface area contributed by atoms with Crippen LogP contribution in [0.3, 0.4) is 0 Å². The summed E-state index contributed by atoms with van der Waals surface area (Å²) < 4.78 is 0. The predicted octanol–water partition coefficient (Wildman–Crippen LogP) is 4.42. The molecule has 4 nitrogen and oxygen atoms in total. The molecule has 126 valence electrons. The number of carboxylic acid groups (broad SMARTS) is 1. The molecule has 24 heavy (non-hydrogen) atoms. The fourth-order valence-electron chi connectivity index (χ4n) is 2.43. The van der Waals surface area contributed by atoms with Gasteiger partial charge in [0.05, 0.1) is 10.0 Å². The van der Waals surface area contributed by atoms with Gasteiger partial charge in [0.1, 0.15) is 0 Å². The van der Waals surface area contributed by atoms with Crippen molar-refractivity contribution in [2.45, 2.75) is 25.8 Å². The minimum Gasteiger partial charge on any atom is -0.479 e. The minimum atomic E-state index is -1.59. The summed E-state index contributed by atoms with van der Waals surface area (Å²) in [7, 11) is 0. The lowest BCUT2D eigenvalue weighted by Gasteiger charge is -2.30. The van der Waals surface area contributed by atoms with Gasteiger partial charge in [-0.2, -0.15) is 0 Å². The summed E-state index contributed by atoms with van der Waals surface area (Å²) >= 11 is 11.9. The average molecular weight is 366 g/mol. The molecule has 0 bridgehead atoms. The molecule has 1 amide bonds. The third-order valence-electron chi connectivity index (χ3n) is 3.95. The molecule has 0 aromatic heterocycles. The summed E-state index contributed by atoms with van der Waals surface area (Å²) in [4.78, 5) is 24.5. The van der Waals surface area contributed by atoms with Gasteiger partial charge in [-0.3, -0.25) is 4.79 Å². The van der Waals surface area contributed by atoms with E-state index in [1.165, 1.54) is 12.1 Å². The zero-order valence-electron chi connectivity index (χ0n) is 13.3. The van der Waals surface area contributed by atoms with Crippen LogP contribution in [0, 0.1) is 6.92 Å². The van der Waals surface area contributed by atoms with Crippen molar-refractivity contribution in [2.75, 3.05) is 0 Å². The Kier molecular flexibility index (Phi) is 5.52. The minimum absolute atomic E-state index is 0.151. The van der Waals surface area contributed by atoms with Crippen LogP contribution >= 0.6 is 23.2 Å². The van der Waals surface area contributed by atoms with Crippen LogP contribution < -0.4 is 5.32 Å². The van der Waals surface area contributed by atoms with Gasteiger partial charge in [0.15, 0.2) is 5.54 Å². The lowest BCUT2D eigenvalue weighted by atomic mass is 9.86. The van der Waals surface area contributed by atoms with Crippen molar-refractivity contribution in [3.05, 3.63) is 69.2 Å². The zero-order valence-corrected chi connectivity index (χ0v) is 14.8. The first-order chi connectivity index (χ1) is 11.3. The number of carboxylic acids is 1. The maximum Gasteiger partial charge on any atom is 0.334 e. The van der Waals surface area contributed by atoms with E-state index in [1.54, 1.807) is 37.3 Å². The van der Waals surface area contributed by atoms with E-state index >= 15 is 0 Å². The maximum absolute atomic E-state index is 12.5. The van der Waals surface area contributed by atoms with Crippen LogP contribution in [-0.2, 0) is 10.3 Å². The number of carbonyl (C=O) groups is 2. The summed E-state index contributed by atoms with van der Waals surface area (Å²) in [5, 5.41) is 13.0. The normalized spacial score (nSPS) is 13.2. The van der Waals surface area contributed by atoms with E-state index in [-0.39, 0.29) is 11.4 Å². The predicted molar refractivity (Wildman–Crippen MR) is 94.7 cm³/mol. The van der Waals surface area contributed by atoms with E-state index in [9.17, 15) is 14.7 Å². The second-order valence-corrected chi connectivity index (χ2v) is 6.33. The highest BCUT2D eigenvalue weighted by Gasteiger charge is 2.40. The Morgan fingerprint density at radius 1 is 1.08 bits per heavy atom. The quantitative estimate of drug-likeness (QED) is 0.823. The van der Waals surface area contributed by atoms with Crippen molar-refractivity contribution in [3.8, 4) is 0 Å². The van der Waals surface area contributed by atoms with Crippen molar-refractivity contribution in [2.24, 2.45) is 0 Å². The Bertz CT molecular complexity index is 774. The first kappa shape index (κ1) is 18.3. The highest BCUT2D eigenvalue weighted by Crippen LogP contribution is 2.31. The Balaban J connectivity index is 2.44. The van der Waals surface area contributed by atoms with Crippen molar-refractivity contribution in [1.82, 2.24) is 5.32 Å². The molecule has 1 atom stereocenters. The van der Waals surface area contributed by atoms with E-state index in [2.05, 4.69) is 5.32 Å². The third kappa shape index (κ3) is 3.55.